The summed E-state index contributed by atoms with van der Waals surface area (Å²) < 4.78 is 16.0. The average molecular weight is 483 g/mol. The van der Waals surface area contributed by atoms with E-state index in [1.807, 2.05) is 22.6 Å². The summed E-state index contributed by atoms with van der Waals surface area (Å²) >= 11 is 3.09. The third-order valence-electron chi connectivity index (χ3n) is 2.45. The number of esters is 1. The molecule has 7 nitrogen and oxygen atoms in total. The van der Waals surface area contributed by atoms with Crippen LogP contribution in [0.2, 0.25) is 0 Å². The lowest BCUT2D eigenvalue weighted by Crippen LogP contribution is -2.44. The second-order valence-electron chi connectivity index (χ2n) is 7.05. The Morgan fingerprint density at radius 1 is 1.00 bits per heavy atom. The number of amides is 2. The Labute approximate surface area is 164 Å². The summed E-state index contributed by atoms with van der Waals surface area (Å²) in [6.07, 6.45) is -1.86. The Hall–Kier alpha value is -1.36. The molecule has 25 heavy (non-hydrogen) atoms. The fourth-order valence-electron chi connectivity index (χ4n) is 1.64. The molecule has 0 bridgehead atoms. The van der Waals surface area contributed by atoms with Crippen LogP contribution in [0.1, 0.15) is 51.2 Å². The number of imide groups is 1. The van der Waals surface area contributed by atoms with Crippen molar-refractivity contribution >= 4 is 57.8 Å². The molecule has 2 amide bonds. The second kappa shape index (κ2) is 7.90. The van der Waals surface area contributed by atoms with Crippen LogP contribution in [0.5, 0.6) is 0 Å². The molecule has 1 rings (SSSR count). The van der Waals surface area contributed by atoms with Crippen molar-refractivity contribution in [3.05, 3.63) is 13.8 Å². The van der Waals surface area contributed by atoms with Crippen molar-refractivity contribution < 1.29 is 28.6 Å². The molecule has 0 saturated carbocycles. The summed E-state index contributed by atoms with van der Waals surface area (Å²) in [7, 11) is 1.23. The SMILES string of the molecule is COC(=O)c1sc(I)cc1N(C(=O)OC(C)(C)C)C(=O)OC(C)(C)C. The van der Waals surface area contributed by atoms with E-state index in [1.165, 1.54) is 13.2 Å². The molecule has 0 aliphatic rings. The van der Waals surface area contributed by atoms with E-state index in [0.717, 1.165) is 16.2 Å². The molecule has 1 aromatic rings. The van der Waals surface area contributed by atoms with Gasteiger partial charge in [0.2, 0.25) is 0 Å². The number of methoxy groups -OCH3 is 1. The number of anilines is 1. The van der Waals surface area contributed by atoms with Crippen molar-refractivity contribution in [3.8, 4) is 0 Å². The predicted molar refractivity (Wildman–Crippen MR) is 103 cm³/mol. The molecule has 1 heterocycles. The van der Waals surface area contributed by atoms with Crippen molar-refractivity contribution in [1.82, 2.24) is 0 Å². The van der Waals surface area contributed by atoms with Gasteiger partial charge in [-0.1, -0.05) is 0 Å². The maximum atomic E-state index is 12.6. The van der Waals surface area contributed by atoms with E-state index in [2.05, 4.69) is 0 Å². The highest BCUT2D eigenvalue weighted by atomic mass is 127. The number of ether oxygens (including phenoxy) is 3. The van der Waals surface area contributed by atoms with Gasteiger partial charge in [-0.15, -0.1) is 11.3 Å². The van der Waals surface area contributed by atoms with Crippen molar-refractivity contribution in [2.45, 2.75) is 52.7 Å². The number of hydrogen-bond acceptors (Lipinski definition) is 7. The smallest absolute Gasteiger partial charge is 0.424 e. The first-order valence-corrected chi connectivity index (χ1v) is 9.28. The monoisotopic (exact) mass is 483 g/mol. The Balaban J connectivity index is 3.39. The minimum absolute atomic E-state index is 0.0738. The standard InChI is InChI=1S/C16H22INO6S/c1-15(2,3)23-13(20)18(14(21)24-16(4,5)6)9-8-10(17)25-11(9)12(19)22-7/h8H,1-7H3. The lowest BCUT2D eigenvalue weighted by molar-refractivity contribution is 0.0431. The van der Waals surface area contributed by atoms with E-state index in [1.54, 1.807) is 41.5 Å². The molecule has 0 radical (unpaired) electrons. The topological polar surface area (TPSA) is 82.1 Å². The molecule has 0 atom stereocenters. The van der Waals surface area contributed by atoms with Crippen molar-refractivity contribution in [2.75, 3.05) is 12.0 Å². The summed E-state index contributed by atoms with van der Waals surface area (Å²) in [5, 5.41) is 0. The fraction of sp³-hybridized carbons (Fsp3) is 0.562. The molecule has 0 aliphatic carbocycles. The van der Waals surface area contributed by atoms with Crippen molar-refractivity contribution in [2.24, 2.45) is 0 Å². The molecule has 0 unspecified atom stereocenters. The summed E-state index contributed by atoms with van der Waals surface area (Å²) in [6, 6.07) is 1.53. The van der Waals surface area contributed by atoms with Crippen LogP contribution in [0.4, 0.5) is 15.3 Å². The summed E-state index contributed by atoms with van der Waals surface area (Å²) in [4.78, 5) is 38.1. The molecule has 0 fully saturated rings. The third-order valence-corrected chi connectivity index (χ3v) is 4.31. The summed E-state index contributed by atoms with van der Waals surface area (Å²) in [5.41, 5.74) is -1.58. The van der Waals surface area contributed by atoms with Crippen molar-refractivity contribution in [3.63, 3.8) is 0 Å². The minimum Gasteiger partial charge on any atom is -0.465 e. The van der Waals surface area contributed by atoms with E-state index in [-0.39, 0.29) is 10.6 Å². The van der Waals surface area contributed by atoms with Crippen LogP contribution in [0, 0.1) is 2.88 Å². The Morgan fingerprint density at radius 3 is 1.80 bits per heavy atom. The predicted octanol–water partition coefficient (Wildman–Crippen LogP) is 4.82. The van der Waals surface area contributed by atoms with Gasteiger partial charge in [-0.3, -0.25) is 0 Å². The number of halogens is 1. The highest BCUT2D eigenvalue weighted by Crippen LogP contribution is 2.34. The largest absolute Gasteiger partial charge is 0.465 e. The fourth-order valence-corrected chi connectivity index (χ4v) is 3.39. The molecule has 0 spiro atoms. The van der Waals surface area contributed by atoms with Gasteiger partial charge >= 0.3 is 18.2 Å². The van der Waals surface area contributed by atoms with Crippen LogP contribution in [-0.4, -0.2) is 36.5 Å². The Morgan fingerprint density at radius 2 is 1.44 bits per heavy atom. The van der Waals surface area contributed by atoms with E-state index < -0.39 is 29.4 Å². The van der Waals surface area contributed by atoms with Crippen LogP contribution < -0.4 is 4.90 Å². The van der Waals surface area contributed by atoms with Gasteiger partial charge < -0.3 is 14.2 Å². The zero-order chi connectivity index (χ0) is 19.6. The van der Waals surface area contributed by atoms with Gasteiger partial charge in [-0.25, -0.2) is 14.4 Å². The lowest BCUT2D eigenvalue weighted by atomic mass is 10.2. The molecule has 0 aliphatic heterocycles. The van der Waals surface area contributed by atoms with Crippen LogP contribution in [0.15, 0.2) is 6.07 Å². The number of rotatable bonds is 2. The summed E-state index contributed by atoms with van der Waals surface area (Å²) in [5.74, 6) is -0.653. The van der Waals surface area contributed by atoms with Crippen LogP contribution in [0.25, 0.3) is 0 Å². The van der Waals surface area contributed by atoms with Crippen LogP contribution >= 0.6 is 33.9 Å². The Bertz CT molecular complexity index is 643. The maximum Gasteiger partial charge on any atom is 0.424 e. The first kappa shape index (κ1) is 21.7. The van der Waals surface area contributed by atoms with Crippen LogP contribution in [0.3, 0.4) is 0 Å². The van der Waals surface area contributed by atoms with Gasteiger partial charge in [-0.05, 0) is 70.2 Å². The average Bonchev–Trinajstić information content (AvgIpc) is 2.75. The molecule has 9 heteroatoms. The van der Waals surface area contributed by atoms with E-state index >= 15 is 0 Å². The van der Waals surface area contributed by atoms with Gasteiger partial charge in [-0.2, -0.15) is 4.90 Å². The zero-order valence-corrected chi connectivity index (χ0v) is 18.2. The number of carbonyl (C=O) groups is 3. The number of hydrogen-bond donors (Lipinski definition) is 0. The number of nitrogens with zero attached hydrogens (tertiary/aromatic N) is 1. The van der Waals surface area contributed by atoms with E-state index in [9.17, 15) is 14.4 Å². The first-order chi connectivity index (χ1) is 11.2. The van der Waals surface area contributed by atoms with Crippen molar-refractivity contribution in [1.29, 1.82) is 0 Å². The van der Waals surface area contributed by atoms with Gasteiger partial charge in [0.25, 0.3) is 0 Å². The molecule has 0 N–H and O–H groups in total. The quantitative estimate of drug-likeness (QED) is 0.341. The third kappa shape index (κ3) is 6.46. The normalized spacial score (nSPS) is 11.7. The minimum atomic E-state index is -0.930. The van der Waals surface area contributed by atoms with Gasteiger partial charge in [0.05, 0.1) is 15.7 Å². The number of carbonyl (C=O) groups excluding carboxylic acids is 3. The van der Waals surface area contributed by atoms with Crippen LogP contribution in [-0.2, 0) is 14.2 Å². The maximum absolute atomic E-state index is 12.6. The van der Waals surface area contributed by atoms with E-state index in [4.69, 9.17) is 14.2 Å². The highest BCUT2D eigenvalue weighted by molar-refractivity contribution is 14.1. The lowest BCUT2D eigenvalue weighted by Gasteiger charge is -2.28. The molecule has 0 saturated heterocycles. The van der Waals surface area contributed by atoms with Gasteiger partial charge in [0.15, 0.2) is 0 Å². The second-order valence-corrected chi connectivity index (χ2v) is 10.00. The molecular formula is C16H22INO6S. The molecule has 140 valence electrons. The zero-order valence-electron chi connectivity index (χ0n) is 15.3. The highest BCUT2D eigenvalue weighted by Gasteiger charge is 2.36. The molecule has 0 aromatic carbocycles. The van der Waals surface area contributed by atoms with E-state index in [0.29, 0.717) is 2.88 Å². The first-order valence-electron chi connectivity index (χ1n) is 7.39. The molecule has 1 aromatic heterocycles. The Kier molecular flexibility index (Phi) is 6.85. The molecular weight excluding hydrogens is 461 g/mol. The summed E-state index contributed by atoms with van der Waals surface area (Å²) in [6.45, 7) is 10.1. The van der Waals surface area contributed by atoms with Gasteiger partial charge in [0, 0.05) is 0 Å². The van der Waals surface area contributed by atoms with Gasteiger partial charge in [0.1, 0.15) is 16.1 Å². The number of thiophene rings is 1.